The van der Waals surface area contributed by atoms with Gasteiger partial charge in [0.15, 0.2) is 0 Å². The summed E-state index contributed by atoms with van der Waals surface area (Å²) in [4.78, 5) is 37.6. The summed E-state index contributed by atoms with van der Waals surface area (Å²) in [5.41, 5.74) is 3.28. The van der Waals surface area contributed by atoms with Crippen LogP contribution >= 0.6 is 0 Å². The highest BCUT2D eigenvalue weighted by atomic mass is 16.5. The fourth-order valence-corrected chi connectivity index (χ4v) is 3.04. The third-order valence-corrected chi connectivity index (χ3v) is 4.55. The van der Waals surface area contributed by atoms with Gasteiger partial charge in [0.2, 0.25) is 5.91 Å². The summed E-state index contributed by atoms with van der Waals surface area (Å²) in [5, 5.41) is 14.1. The molecule has 8 heteroatoms. The molecule has 8 nitrogen and oxygen atoms in total. The number of benzene rings is 2. The van der Waals surface area contributed by atoms with Crippen LogP contribution in [0.4, 0.5) is 17.1 Å². The number of rotatable bonds is 6. The van der Waals surface area contributed by atoms with E-state index in [1.165, 1.54) is 0 Å². The van der Waals surface area contributed by atoms with E-state index in [4.69, 9.17) is 9.84 Å². The van der Waals surface area contributed by atoms with Gasteiger partial charge in [0.05, 0.1) is 18.8 Å². The summed E-state index contributed by atoms with van der Waals surface area (Å²) in [6, 6.07) is 12.5. The second kappa shape index (κ2) is 9.71. The van der Waals surface area contributed by atoms with Gasteiger partial charge in [-0.25, -0.2) is 4.79 Å². The second-order valence-corrected chi connectivity index (χ2v) is 6.81. The van der Waals surface area contributed by atoms with Gasteiger partial charge in [0.1, 0.15) is 0 Å². The van der Waals surface area contributed by atoms with Gasteiger partial charge in [-0.1, -0.05) is 17.7 Å². The van der Waals surface area contributed by atoms with Crippen molar-refractivity contribution in [2.75, 3.05) is 41.8 Å². The minimum Gasteiger partial charge on any atom is -0.478 e. The molecule has 156 valence electrons. The van der Waals surface area contributed by atoms with Crippen LogP contribution in [-0.4, -0.2) is 49.2 Å². The average Bonchev–Trinajstić information content (AvgIpc) is 2.74. The average molecular weight is 409 g/mol. The first-order valence-electron chi connectivity index (χ1n) is 9.49. The Hall–Kier alpha value is -3.65. The summed E-state index contributed by atoms with van der Waals surface area (Å²) in [6.07, 6.45) is 1.67. The zero-order valence-electron chi connectivity index (χ0n) is 16.6. The quantitative estimate of drug-likeness (QED) is 0.633. The van der Waals surface area contributed by atoms with Crippen LogP contribution < -0.4 is 15.5 Å². The zero-order valence-corrected chi connectivity index (χ0v) is 16.6. The fraction of sp³-hybridized carbons (Fsp3) is 0.227. The van der Waals surface area contributed by atoms with E-state index in [0.29, 0.717) is 43.2 Å². The van der Waals surface area contributed by atoms with Crippen molar-refractivity contribution in [2.24, 2.45) is 0 Å². The number of morpholine rings is 1. The minimum absolute atomic E-state index is 0.308. The zero-order chi connectivity index (χ0) is 21.5. The molecule has 0 aliphatic carbocycles. The van der Waals surface area contributed by atoms with Crippen LogP contribution in [0, 0.1) is 6.92 Å². The molecule has 0 atom stereocenters. The number of carbonyl (C=O) groups excluding carboxylic acids is 2. The van der Waals surface area contributed by atoms with E-state index in [1.807, 2.05) is 31.2 Å². The normalized spacial score (nSPS) is 13.8. The SMILES string of the molecule is Cc1ccc(NC(=O)c2cc(NC(=O)/C=C\C(=O)O)ccc2N2CCOCC2)cc1. The summed E-state index contributed by atoms with van der Waals surface area (Å²) >= 11 is 0. The maximum absolute atomic E-state index is 13.0. The van der Waals surface area contributed by atoms with Crippen LogP contribution in [-0.2, 0) is 14.3 Å². The highest BCUT2D eigenvalue weighted by molar-refractivity contribution is 6.10. The molecule has 1 fully saturated rings. The van der Waals surface area contributed by atoms with Crippen LogP contribution in [0.25, 0.3) is 0 Å². The number of nitrogens with zero attached hydrogens (tertiary/aromatic N) is 1. The maximum Gasteiger partial charge on any atom is 0.328 e. The number of nitrogens with one attached hydrogen (secondary N) is 2. The summed E-state index contributed by atoms with van der Waals surface area (Å²) in [5.74, 6) is -2.12. The molecule has 3 rings (SSSR count). The number of hydrogen-bond donors (Lipinski definition) is 3. The molecule has 1 saturated heterocycles. The van der Waals surface area contributed by atoms with Crippen molar-refractivity contribution >= 4 is 34.8 Å². The van der Waals surface area contributed by atoms with E-state index < -0.39 is 11.9 Å². The molecule has 30 heavy (non-hydrogen) atoms. The van der Waals surface area contributed by atoms with E-state index in [1.54, 1.807) is 18.2 Å². The molecule has 1 aliphatic rings. The van der Waals surface area contributed by atoms with Crippen molar-refractivity contribution < 1.29 is 24.2 Å². The van der Waals surface area contributed by atoms with Crippen molar-refractivity contribution in [3.8, 4) is 0 Å². The number of carboxylic acids is 1. The Kier molecular flexibility index (Phi) is 6.82. The number of aliphatic carboxylic acids is 1. The highest BCUT2D eigenvalue weighted by Crippen LogP contribution is 2.26. The first-order chi connectivity index (χ1) is 14.4. The molecule has 1 aliphatic heterocycles. The maximum atomic E-state index is 13.0. The Morgan fingerprint density at radius 3 is 2.30 bits per heavy atom. The molecule has 1 heterocycles. The summed E-state index contributed by atoms with van der Waals surface area (Å²) in [7, 11) is 0. The molecular weight excluding hydrogens is 386 g/mol. The van der Waals surface area contributed by atoms with Gasteiger partial charge < -0.3 is 25.4 Å². The second-order valence-electron chi connectivity index (χ2n) is 6.81. The van der Waals surface area contributed by atoms with Crippen LogP contribution in [0.3, 0.4) is 0 Å². The number of aryl methyl sites for hydroxylation is 1. The van der Waals surface area contributed by atoms with Crippen LogP contribution in [0.5, 0.6) is 0 Å². The highest BCUT2D eigenvalue weighted by Gasteiger charge is 2.20. The lowest BCUT2D eigenvalue weighted by molar-refractivity contribution is -0.131. The molecule has 2 aromatic carbocycles. The van der Waals surface area contributed by atoms with Gasteiger partial charge in [-0.3, -0.25) is 9.59 Å². The van der Waals surface area contributed by atoms with Crippen molar-refractivity contribution in [2.45, 2.75) is 6.92 Å². The third kappa shape index (κ3) is 5.68. The van der Waals surface area contributed by atoms with Crippen LogP contribution in [0.15, 0.2) is 54.6 Å². The van der Waals surface area contributed by atoms with Gasteiger partial charge in [-0.2, -0.15) is 0 Å². The van der Waals surface area contributed by atoms with Gasteiger partial charge in [0.25, 0.3) is 5.91 Å². The molecule has 3 N–H and O–H groups in total. The molecule has 2 amide bonds. The topological polar surface area (TPSA) is 108 Å². The van der Waals surface area contributed by atoms with Gasteiger partial charge in [-0.05, 0) is 37.3 Å². The Bertz CT molecular complexity index is 963. The minimum atomic E-state index is -1.22. The molecule has 0 saturated carbocycles. The Morgan fingerprint density at radius 2 is 1.63 bits per heavy atom. The van der Waals surface area contributed by atoms with E-state index >= 15 is 0 Å². The smallest absolute Gasteiger partial charge is 0.328 e. The predicted molar refractivity (Wildman–Crippen MR) is 114 cm³/mol. The lowest BCUT2D eigenvalue weighted by Gasteiger charge is -2.30. The number of anilines is 3. The van der Waals surface area contributed by atoms with Gasteiger partial charge in [0, 0.05) is 42.3 Å². The van der Waals surface area contributed by atoms with Crippen molar-refractivity contribution in [1.82, 2.24) is 0 Å². The third-order valence-electron chi connectivity index (χ3n) is 4.55. The Balaban J connectivity index is 1.87. The first-order valence-corrected chi connectivity index (χ1v) is 9.49. The number of amides is 2. The largest absolute Gasteiger partial charge is 0.478 e. The van der Waals surface area contributed by atoms with Crippen molar-refractivity contribution in [3.05, 3.63) is 65.7 Å². The lowest BCUT2D eigenvalue weighted by Crippen LogP contribution is -2.37. The first kappa shape index (κ1) is 21.1. The Labute approximate surface area is 174 Å². The number of carboxylic acid groups (broad SMARTS) is 1. The van der Waals surface area contributed by atoms with Gasteiger partial charge in [-0.15, -0.1) is 0 Å². The molecule has 2 aromatic rings. The molecule has 0 bridgehead atoms. The monoisotopic (exact) mass is 409 g/mol. The lowest BCUT2D eigenvalue weighted by atomic mass is 10.1. The predicted octanol–water partition coefficient (Wildman–Crippen LogP) is 2.66. The summed E-state index contributed by atoms with van der Waals surface area (Å²) < 4.78 is 5.40. The molecular formula is C22H23N3O5. The summed E-state index contributed by atoms with van der Waals surface area (Å²) in [6.45, 7) is 4.40. The molecule has 0 aromatic heterocycles. The Morgan fingerprint density at radius 1 is 0.967 bits per heavy atom. The number of ether oxygens (including phenoxy) is 1. The van der Waals surface area contributed by atoms with E-state index in [2.05, 4.69) is 15.5 Å². The van der Waals surface area contributed by atoms with Crippen molar-refractivity contribution in [1.29, 1.82) is 0 Å². The van der Waals surface area contributed by atoms with Crippen LogP contribution in [0.2, 0.25) is 0 Å². The molecule has 0 spiro atoms. The van der Waals surface area contributed by atoms with E-state index in [0.717, 1.165) is 23.4 Å². The number of carbonyl (C=O) groups is 3. The number of hydrogen-bond acceptors (Lipinski definition) is 5. The van der Waals surface area contributed by atoms with Crippen molar-refractivity contribution in [3.63, 3.8) is 0 Å². The van der Waals surface area contributed by atoms with Gasteiger partial charge >= 0.3 is 5.97 Å². The van der Waals surface area contributed by atoms with E-state index in [9.17, 15) is 14.4 Å². The molecule has 0 radical (unpaired) electrons. The van der Waals surface area contributed by atoms with E-state index in [-0.39, 0.29) is 5.91 Å². The molecule has 0 unspecified atom stereocenters. The standard InChI is InChI=1S/C22H23N3O5/c1-15-2-4-16(5-3-15)24-22(29)18-14-17(23-20(26)8-9-21(27)28)6-7-19(18)25-10-12-30-13-11-25/h2-9,14H,10-13H2,1H3,(H,23,26)(H,24,29)(H,27,28)/b9-8-. The fourth-order valence-electron chi connectivity index (χ4n) is 3.04. The van der Waals surface area contributed by atoms with Crippen LogP contribution in [0.1, 0.15) is 15.9 Å².